The maximum Gasteiger partial charge on any atom is 0.257 e. The van der Waals surface area contributed by atoms with Crippen molar-refractivity contribution >= 4 is 11.6 Å². The molecule has 33 heavy (non-hydrogen) atoms. The van der Waals surface area contributed by atoms with Gasteiger partial charge in [0.25, 0.3) is 5.91 Å². The van der Waals surface area contributed by atoms with Crippen LogP contribution in [0.3, 0.4) is 0 Å². The fraction of sp³-hybridized carbons (Fsp3) is 0.370. The minimum Gasteiger partial charge on any atom is -0.507 e. The number of benzene rings is 2. The average molecular weight is 450 g/mol. The summed E-state index contributed by atoms with van der Waals surface area (Å²) in [6, 6.07) is 10.3. The van der Waals surface area contributed by atoms with Crippen LogP contribution in [0.1, 0.15) is 49.3 Å². The maximum absolute atomic E-state index is 12.9. The molecular weight excluding hydrogens is 418 g/mol. The van der Waals surface area contributed by atoms with Crippen LogP contribution >= 0.6 is 0 Å². The molecule has 1 aliphatic heterocycles. The smallest absolute Gasteiger partial charge is 0.257 e. The van der Waals surface area contributed by atoms with Crippen LogP contribution in [0.4, 0.5) is 5.69 Å². The Morgan fingerprint density at radius 2 is 1.88 bits per heavy atom. The van der Waals surface area contributed by atoms with Gasteiger partial charge in [0.1, 0.15) is 11.5 Å². The zero-order valence-electron chi connectivity index (χ0n) is 19.5. The zero-order valence-corrected chi connectivity index (χ0v) is 19.5. The van der Waals surface area contributed by atoms with E-state index in [1.165, 1.54) is 12.7 Å². The number of fused-ring (bicyclic) bond motifs is 1. The quantitative estimate of drug-likeness (QED) is 0.580. The maximum atomic E-state index is 12.9. The lowest BCUT2D eigenvalue weighted by Gasteiger charge is -2.41. The van der Waals surface area contributed by atoms with Gasteiger partial charge in [0.2, 0.25) is 0 Å². The molecule has 2 aliphatic rings. The van der Waals surface area contributed by atoms with Crippen LogP contribution in [-0.2, 0) is 15.1 Å². The van der Waals surface area contributed by atoms with Gasteiger partial charge in [-0.2, -0.15) is 0 Å². The normalized spacial score (nSPS) is 26.8. The van der Waals surface area contributed by atoms with Gasteiger partial charge in [-0.15, -0.1) is 0 Å². The SMILES string of the molecule is C=C(C)[C@@H]1CCC(C)=C[C@H]1c1ccc2c(c1O)[C@@](O)(c1ccc(OC)cc1)[C@H](OC)C(=O)N2. The van der Waals surface area contributed by atoms with Crippen LogP contribution in [0.25, 0.3) is 0 Å². The number of nitrogens with one attached hydrogen (secondary N) is 1. The van der Waals surface area contributed by atoms with Gasteiger partial charge in [0.05, 0.1) is 18.4 Å². The van der Waals surface area contributed by atoms with Gasteiger partial charge in [0.15, 0.2) is 11.7 Å². The van der Waals surface area contributed by atoms with Crippen molar-refractivity contribution in [1.82, 2.24) is 0 Å². The number of hydrogen-bond acceptors (Lipinski definition) is 5. The molecule has 2 aromatic carbocycles. The van der Waals surface area contributed by atoms with E-state index < -0.39 is 17.6 Å². The summed E-state index contributed by atoms with van der Waals surface area (Å²) in [5.74, 6) is 0.170. The highest BCUT2D eigenvalue weighted by molar-refractivity contribution is 6.00. The number of hydrogen-bond donors (Lipinski definition) is 3. The lowest BCUT2D eigenvalue weighted by molar-refractivity contribution is -0.142. The van der Waals surface area contributed by atoms with E-state index >= 15 is 0 Å². The summed E-state index contributed by atoms with van der Waals surface area (Å²) < 4.78 is 10.7. The average Bonchev–Trinajstić information content (AvgIpc) is 2.79. The summed E-state index contributed by atoms with van der Waals surface area (Å²) in [7, 11) is 2.93. The molecule has 174 valence electrons. The number of ether oxygens (including phenoxy) is 2. The number of anilines is 1. The van der Waals surface area contributed by atoms with Gasteiger partial charge in [-0.3, -0.25) is 4.79 Å². The summed E-state index contributed by atoms with van der Waals surface area (Å²) in [6.45, 7) is 8.28. The van der Waals surface area contributed by atoms with Crippen molar-refractivity contribution in [2.45, 2.75) is 44.3 Å². The van der Waals surface area contributed by atoms with Crippen LogP contribution in [0.5, 0.6) is 11.5 Å². The van der Waals surface area contributed by atoms with Crippen LogP contribution in [0.2, 0.25) is 0 Å². The first-order chi connectivity index (χ1) is 15.7. The molecule has 6 heteroatoms. The number of allylic oxidation sites excluding steroid dienone is 3. The van der Waals surface area contributed by atoms with Crippen LogP contribution in [0.15, 0.2) is 60.2 Å². The highest BCUT2D eigenvalue weighted by Gasteiger charge is 2.52. The lowest BCUT2D eigenvalue weighted by atomic mass is 9.71. The molecule has 0 saturated carbocycles. The molecule has 4 rings (SSSR count). The Labute approximate surface area is 194 Å². The van der Waals surface area contributed by atoms with Crippen molar-refractivity contribution in [3.8, 4) is 11.5 Å². The fourth-order valence-corrected chi connectivity index (χ4v) is 5.23. The largest absolute Gasteiger partial charge is 0.507 e. The van der Waals surface area contributed by atoms with Gasteiger partial charge in [-0.25, -0.2) is 0 Å². The minimum absolute atomic E-state index is 0.0462. The van der Waals surface area contributed by atoms with E-state index in [4.69, 9.17) is 9.47 Å². The third kappa shape index (κ3) is 3.73. The third-order valence-corrected chi connectivity index (χ3v) is 6.97. The summed E-state index contributed by atoms with van der Waals surface area (Å²) in [6.07, 6.45) is 2.85. The van der Waals surface area contributed by atoms with E-state index in [0.29, 0.717) is 22.6 Å². The molecule has 3 N–H and O–H groups in total. The Balaban J connectivity index is 1.95. The summed E-state index contributed by atoms with van der Waals surface area (Å²) in [4.78, 5) is 12.9. The number of aromatic hydroxyl groups is 1. The summed E-state index contributed by atoms with van der Waals surface area (Å²) in [5.41, 5.74) is 2.11. The molecule has 1 aliphatic carbocycles. The molecule has 0 unspecified atom stereocenters. The van der Waals surface area contributed by atoms with Gasteiger partial charge in [-0.1, -0.05) is 42.0 Å². The van der Waals surface area contributed by atoms with Crippen molar-refractivity contribution in [3.63, 3.8) is 0 Å². The van der Waals surface area contributed by atoms with E-state index in [2.05, 4.69) is 24.9 Å². The number of amides is 1. The van der Waals surface area contributed by atoms with Crippen LogP contribution in [0, 0.1) is 5.92 Å². The summed E-state index contributed by atoms with van der Waals surface area (Å²) in [5, 5.41) is 26.5. The van der Waals surface area contributed by atoms with E-state index in [1.807, 2.05) is 13.0 Å². The first kappa shape index (κ1) is 23.1. The Morgan fingerprint density at radius 1 is 1.18 bits per heavy atom. The molecule has 2 aromatic rings. The first-order valence-corrected chi connectivity index (χ1v) is 11.1. The Bertz CT molecular complexity index is 1120. The Hall–Kier alpha value is -3.09. The number of carbonyl (C=O) groups is 1. The Kier molecular flexibility index (Phi) is 6.08. The van der Waals surface area contributed by atoms with Crippen molar-refractivity contribution in [1.29, 1.82) is 0 Å². The molecule has 1 heterocycles. The third-order valence-electron chi connectivity index (χ3n) is 6.97. The Morgan fingerprint density at radius 3 is 2.48 bits per heavy atom. The molecule has 6 nitrogen and oxygen atoms in total. The topological polar surface area (TPSA) is 88.0 Å². The van der Waals surface area contributed by atoms with Gasteiger partial charge < -0.3 is 25.0 Å². The number of phenolic OH excluding ortho intramolecular Hbond substituents is 1. The van der Waals surface area contributed by atoms with E-state index in [1.54, 1.807) is 37.4 Å². The molecule has 0 radical (unpaired) electrons. The predicted octanol–water partition coefficient (Wildman–Crippen LogP) is 4.62. The van der Waals surface area contributed by atoms with Gasteiger partial charge in [0, 0.05) is 18.6 Å². The van der Waals surface area contributed by atoms with Crippen LogP contribution in [-0.4, -0.2) is 36.4 Å². The zero-order chi connectivity index (χ0) is 23.9. The highest BCUT2D eigenvalue weighted by atomic mass is 16.5. The standard InChI is InChI=1S/C27H31NO5/c1-15(2)19-11-6-16(3)14-21(19)20-12-13-22-23(24(20)29)27(31,25(33-5)26(30)28-22)17-7-9-18(32-4)10-8-17/h7-10,12-14,19,21,25,29,31H,1,6,11H2,2-5H3,(H,28,30)/t19-,21+,25+,27-/m0/s1. The van der Waals surface area contributed by atoms with E-state index in [-0.39, 0.29) is 23.1 Å². The minimum atomic E-state index is -1.90. The number of rotatable bonds is 5. The van der Waals surface area contributed by atoms with Crippen LogP contribution < -0.4 is 10.1 Å². The van der Waals surface area contributed by atoms with Crippen molar-refractivity contribution in [2.24, 2.45) is 5.92 Å². The lowest BCUT2D eigenvalue weighted by Crippen LogP contribution is -2.52. The molecular formula is C27H31NO5. The number of carbonyl (C=O) groups excluding carboxylic acids is 1. The van der Waals surface area contributed by atoms with E-state index in [0.717, 1.165) is 18.4 Å². The predicted molar refractivity (Wildman–Crippen MR) is 128 cm³/mol. The second kappa shape index (κ2) is 8.69. The first-order valence-electron chi connectivity index (χ1n) is 11.1. The monoisotopic (exact) mass is 449 g/mol. The molecule has 0 bridgehead atoms. The molecule has 4 atom stereocenters. The molecule has 0 spiro atoms. The molecule has 1 amide bonds. The molecule has 0 saturated heterocycles. The second-order valence-electron chi connectivity index (χ2n) is 9.06. The number of methoxy groups -OCH3 is 2. The van der Waals surface area contributed by atoms with Crippen molar-refractivity contribution < 1.29 is 24.5 Å². The highest BCUT2D eigenvalue weighted by Crippen LogP contribution is 2.51. The molecule has 0 aromatic heterocycles. The van der Waals surface area contributed by atoms with Gasteiger partial charge >= 0.3 is 0 Å². The van der Waals surface area contributed by atoms with Crippen molar-refractivity contribution in [3.05, 3.63) is 76.9 Å². The number of aliphatic hydroxyl groups is 1. The fourth-order valence-electron chi connectivity index (χ4n) is 5.23. The number of phenols is 1. The van der Waals surface area contributed by atoms with E-state index in [9.17, 15) is 15.0 Å². The molecule has 0 fully saturated rings. The van der Waals surface area contributed by atoms with Gasteiger partial charge in [-0.05, 0) is 56.4 Å². The second-order valence-corrected chi connectivity index (χ2v) is 9.06. The van der Waals surface area contributed by atoms with Crippen molar-refractivity contribution in [2.75, 3.05) is 19.5 Å². The summed E-state index contributed by atoms with van der Waals surface area (Å²) >= 11 is 0.